The molecule has 4 rings (SSSR count). The number of carbonyl (C=O) groups excluding carboxylic acids is 1. The molecule has 0 bridgehead atoms. The lowest BCUT2D eigenvalue weighted by Crippen LogP contribution is -2.29. The van der Waals surface area contributed by atoms with E-state index in [9.17, 15) is 9.00 Å². The van der Waals surface area contributed by atoms with Crippen molar-refractivity contribution in [2.24, 2.45) is 0 Å². The van der Waals surface area contributed by atoms with Gasteiger partial charge in [-0.15, -0.1) is 11.3 Å². The van der Waals surface area contributed by atoms with Gasteiger partial charge in [-0.3, -0.25) is 14.2 Å². The number of benzene rings is 3. The number of carbonyl (C=O) groups is 1. The molecule has 0 aliphatic carbocycles. The molecule has 2 N–H and O–H groups in total. The van der Waals surface area contributed by atoms with Crippen LogP contribution in [-0.2, 0) is 11.2 Å². The van der Waals surface area contributed by atoms with Gasteiger partial charge in [0.1, 0.15) is 5.01 Å². The summed E-state index contributed by atoms with van der Waals surface area (Å²) in [5.74, 6) is -0.391. The van der Waals surface area contributed by atoms with Crippen molar-refractivity contribution in [2.45, 2.75) is 13.8 Å². The van der Waals surface area contributed by atoms with Gasteiger partial charge in [0.05, 0.1) is 10.2 Å². The highest BCUT2D eigenvalue weighted by Crippen LogP contribution is 2.31. The molecule has 5 nitrogen and oxygen atoms in total. The second-order valence-corrected chi connectivity index (χ2v) is 8.71. The van der Waals surface area contributed by atoms with Gasteiger partial charge < -0.3 is 0 Å². The fraction of sp³-hybridized carbons (Fsp3) is 0.0909. The summed E-state index contributed by atoms with van der Waals surface area (Å²) in [5.41, 5.74) is 5.36. The average Bonchev–Trinajstić information content (AvgIpc) is 3.12. The van der Waals surface area contributed by atoms with Crippen LogP contribution in [0.25, 0.3) is 20.8 Å². The highest BCUT2D eigenvalue weighted by molar-refractivity contribution is 7.85. The van der Waals surface area contributed by atoms with Crippen molar-refractivity contribution in [3.05, 3.63) is 83.4 Å². The zero-order valence-corrected chi connectivity index (χ0v) is 17.6. The lowest BCUT2D eigenvalue weighted by atomic mass is 10.1. The van der Waals surface area contributed by atoms with E-state index in [0.29, 0.717) is 11.3 Å². The Morgan fingerprint density at radius 2 is 1.62 bits per heavy atom. The molecular weight excluding hydrogens is 402 g/mol. The second kappa shape index (κ2) is 8.14. The first-order chi connectivity index (χ1) is 14.0. The number of aryl methyl sites for hydroxylation is 2. The molecule has 3 aromatic carbocycles. The quantitative estimate of drug-likeness (QED) is 0.476. The molecule has 4 aromatic rings. The third-order valence-corrected chi connectivity index (χ3v) is 6.24. The molecule has 1 amide bonds. The van der Waals surface area contributed by atoms with Crippen molar-refractivity contribution in [3.8, 4) is 10.6 Å². The SMILES string of the molecule is Cc1ccc(C(=O)NS(=O)Nc2ccc(-c3nc4ccc(C)cc4s3)cc2)cc1. The number of fused-ring (bicyclic) bond motifs is 1. The lowest BCUT2D eigenvalue weighted by Gasteiger charge is -2.08. The van der Waals surface area contributed by atoms with E-state index in [-0.39, 0.29) is 0 Å². The first-order valence-electron chi connectivity index (χ1n) is 9.02. The van der Waals surface area contributed by atoms with E-state index < -0.39 is 17.1 Å². The summed E-state index contributed by atoms with van der Waals surface area (Å²) < 4.78 is 18.6. The number of nitrogens with zero attached hydrogens (tertiary/aromatic N) is 1. The van der Waals surface area contributed by atoms with Gasteiger partial charge in [0.2, 0.25) is 11.2 Å². The summed E-state index contributed by atoms with van der Waals surface area (Å²) >= 11 is -0.0929. The molecule has 1 aromatic heterocycles. The van der Waals surface area contributed by atoms with E-state index in [1.807, 2.05) is 49.4 Å². The Hall–Kier alpha value is -3.03. The molecule has 0 saturated heterocycles. The lowest BCUT2D eigenvalue weighted by molar-refractivity contribution is 0.0983. The molecule has 0 saturated carbocycles. The number of thiazole rings is 1. The molecular formula is C22H19N3O2S2. The van der Waals surface area contributed by atoms with Gasteiger partial charge in [-0.2, -0.15) is 0 Å². The van der Waals surface area contributed by atoms with Crippen LogP contribution in [0.2, 0.25) is 0 Å². The van der Waals surface area contributed by atoms with Crippen LogP contribution in [-0.4, -0.2) is 15.1 Å². The molecule has 0 aliphatic rings. The number of hydrogen-bond acceptors (Lipinski definition) is 4. The number of anilines is 1. The third-order valence-electron chi connectivity index (χ3n) is 4.39. The summed E-state index contributed by atoms with van der Waals surface area (Å²) in [4.78, 5) is 16.8. The van der Waals surface area contributed by atoms with Crippen molar-refractivity contribution in [3.63, 3.8) is 0 Å². The highest BCUT2D eigenvalue weighted by atomic mass is 32.2. The molecule has 0 fully saturated rings. The zero-order valence-electron chi connectivity index (χ0n) is 15.9. The summed E-state index contributed by atoms with van der Waals surface area (Å²) in [6.07, 6.45) is 0. The highest BCUT2D eigenvalue weighted by Gasteiger charge is 2.10. The minimum Gasteiger partial charge on any atom is -0.288 e. The molecule has 0 spiro atoms. The van der Waals surface area contributed by atoms with Crippen molar-refractivity contribution in [1.29, 1.82) is 0 Å². The number of nitrogens with one attached hydrogen (secondary N) is 2. The standard InChI is InChI=1S/C22H19N3O2S2/c1-14-3-6-16(7-4-14)21(26)25-29(27)24-18-10-8-17(9-11-18)22-23-19-12-5-15(2)13-20(19)28-22/h3-13,24H,1-2H3,(H,25,26). The molecule has 0 radical (unpaired) electrons. The van der Waals surface area contributed by atoms with Crippen LogP contribution in [0.15, 0.2) is 66.7 Å². The third kappa shape index (κ3) is 4.52. The molecule has 7 heteroatoms. The van der Waals surface area contributed by atoms with Gasteiger partial charge >= 0.3 is 0 Å². The van der Waals surface area contributed by atoms with Gasteiger partial charge in [-0.1, -0.05) is 23.8 Å². The Bertz CT molecular complexity index is 1200. The Labute approximate surface area is 175 Å². The van der Waals surface area contributed by atoms with Crippen molar-refractivity contribution >= 4 is 44.3 Å². The fourth-order valence-electron chi connectivity index (χ4n) is 2.82. The maximum atomic E-state index is 12.2. The Balaban J connectivity index is 1.42. The first kappa shape index (κ1) is 19.3. The predicted molar refractivity (Wildman–Crippen MR) is 120 cm³/mol. The first-order valence-corrected chi connectivity index (χ1v) is 11.0. The normalized spacial score (nSPS) is 11.9. The Morgan fingerprint density at radius 1 is 0.931 bits per heavy atom. The minimum absolute atomic E-state index is 0.391. The smallest absolute Gasteiger partial charge is 0.264 e. The van der Waals surface area contributed by atoms with Crippen LogP contribution in [0, 0.1) is 13.8 Å². The van der Waals surface area contributed by atoms with Crippen LogP contribution in [0.4, 0.5) is 5.69 Å². The number of aromatic nitrogens is 1. The topological polar surface area (TPSA) is 71.1 Å². The maximum absolute atomic E-state index is 12.2. The maximum Gasteiger partial charge on any atom is 0.264 e. The van der Waals surface area contributed by atoms with Crippen molar-refractivity contribution in [1.82, 2.24) is 9.71 Å². The van der Waals surface area contributed by atoms with Gasteiger partial charge in [0.15, 0.2) is 0 Å². The van der Waals surface area contributed by atoms with E-state index in [1.54, 1.807) is 23.5 Å². The van der Waals surface area contributed by atoms with Crippen molar-refractivity contribution < 1.29 is 9.00 Å². The second-order valence-electron chi connectivity index (χ2n) is 6.74. The van der Waals surface area contributed by atoms with E-state index in [4.69, 9.17) is 0 Å². The molecule has 29 heavy (non-hydrogen) atoms. The Morgan fingerprint density at radius 3 is 2.34 bits per heavy atom. The van der Waals surface area contributed by atoms with E-state index in [1.165, 1.54) is 5.56 Å². The molecule has 146 valence electrons. The largest absolute Gasteiger partial charge is 0.288 e. The summed E-state index contributed by atoms with van der Waals surface area (Å²) in [6, 6.07) is 20.8. The Kier molecular flexibility index (Phi) is 5.42. The summed E-state index contributed by atoms with van der Waals surface area (Å²) in [7, 11) is 0. The molecule has 1 unspecified atom stereocenters. The van der Waals surface area contributed by atoms with E-state index >= 15 is 0 Å². The fourth-order valence-corrected chi connectivity index (χ4v) is 4.57. The van der Waals surface area contributed by atoms with E-state index in [0.717, 1.165) is 26.4 Å². The van der Waals surface area contributed by atoms with Crippen LogP contribution < -0.4 is 9.44 Å². The number of amides is 1. The average molecular weight is 422 g/mol. The van der Waals surface area contributed by atoms with Gasteiger partial charge in [0, 0.05) is 16.8 Å². The van der Waals surface area contributed by atoms with Crippen molar-refractivity contribution in [2.75, 3.05) is 4.72 Å². The number of rotatable bonds is 5. The van der Waals surface area contributed by atoms with E-state index in [2.05, 4.69) is 33.5 Å². The summed E-state index contributed by atoms with van der Waals surface area (Å²) in [5, 5.41) is 0.936. The summed E-state index contributed by atoms with van der Waals surface area (Å²) in [6.45, 7) is 4.01. The zero-order chi connectivity index (χ0) is 20.4. The van der Waals surface area contributed by atoms with Gasteiger partial charge in [-0.25, -0.2) is 9.19 Å². The minimum atomic E-state index is -1.74. The number of hydrogen-bond donors (Lipinski definition) is 2. The van der Waals surface area contributed by atoms with Crippen LogP contribution >= 0.6 is 11.3 Å². The van der Waals surface area contributed by atoms with Crippen LogP contribution in [0.1, 0.15) is 21.5 Å². The van der Waals surface area contributed by atoms with Gasteiger partial charge in [0.25, 0.3) is 5.91 Å². The molecule has 1 atom stereocenters. The predicted octanol–water partition coefficient (Wildman–Crippen LogP) is 5.00. The molecule has 0 aliphatic heterocycles. The van der Waals surface area contributed by atoms with Crippen LogP contribution in [0.3, 0.4) is 0 Å². The monoisotopic (exact) mass is 421 g/mol. The van der Waals surface area contributed by atoms with Gasteiger partial charge in [-0.05, 0) is 67.9 Å². The molecule has 1 heterocycles. The van der Waals surface area contributed by atoms with Crippen LogP contribution in [0.5, 0.6) is 0 Å².